The fourth-order valence-corrected chi connectivity index (χ4v) is 1.49. The van der Waals surface area contributed by atoms with Crippen molar-refractivity contribution in [1.82, 2.24) is 0 Å². The fraction of sp³-hybridized carbons (Fsp3) is 0.800. The minimum Gasteiger partial charge on any atom is -0.0898 e. The summed E-state index contributed by atoms with van der Waals surface area (Å²) in [5.41, 5.74) is 0. The Morgan fingerprint density at radius 2 is 2.09 bits per heavy atom. The number of rotatable bonds is 6. The summed E-state index contributed by atoms with van der Waals surface area (Å²) in [5.74, 6) is 0.714. The third kappa shape index (κ3) is 7.93. The lowest BCUT2D eigenvalue weighted by atomic mass is 10.0. The van der Waals surface area contributed by atoms with Gasteiger partial charge in [0.05, 0.1) is 0 Å². The van der Waals surface area contributed by atoms with E-state index in [2.05, 4.69) is 20.4 Å². The number of hydrogen-bond acceptors (Lipinski definition) is 0. The lowest BCUT2D eigenvalue weighted by Gasteiger charge is -2.08. The molecule has 1 atom stereocenters. The number of halogens is 1. The van der Waals surface area contributed by atoms with E-state index in [0.717, 1.165) is 11.5 Å². The highest BCUT2D eigenvalue weighted by atomic mass is 35.5. The van der Waals surface area contributed by atoms with Crippen molar-refractivity contribution in [2.24, 2.45) is 5.92 Å². The maximum Gasteiger partial charge on any atom is 0.0111 e. The minimum absolute atomic E-state index is 0.714. The van der Waals surface area contributed by atoms with Gasteiger partial charge in [0.25, 0.3) is 0 Å². The van der Waals surface area contributed by atoms with Gasteiger partial charge in [-0.2, -0.15) is 0 Å². The third-order valence-corrected chi connectivity index (χ3v) is 2.02. The molecule has 0 aliphatic heterocycles. The van der Waals surface area contributed by atoms with E-state index >= 15 is 0 Å². The molecule has 0 radical (unpaired) electrons. The van der Waals surface area contributed by atoms with Gasteiger partial charge < -0.3 is 0 Å². The molecule has 0 rings (SSSR count). The van der Waals surface area contributed by atoms with Crippen molar-refractivity contribution >= 4 is 11.6 Å². The lowest BCUT2D eigenvalue weighted by molar-refractivity contribution is 0.498. The average molecular weight is 175 g/mol. The van der Waals surface area contributed by atoms with Crippen LogP contribution in [0.1, 0.15) is 46.0 Å². The number of unbranched alkanes of at least 4 members (excludes halogenated alkanes) is 2. The van der Waals surface area contributed by atoms with Crippen LogP contribution >= 0.6 is 11.6 Å². The quantitative estimate of drug-likeness (QED) is 0.526. The van der Waals surface area contributed by atoms with E-state index in [-0.39, 0.29) is 0 Å². The van der Waals surface area contributed by atoms with Gasteiger partial charge in [-0.05, 0) is 12.3 Å². The predicted octanol–water partition coefficient (Wildman–Crippen LogP) is 4.35. The second kappa shape index (κ2) is 6.72. The van der Waals surface area contributed by atoms with Crippen LogP contribution in [0.3, 0.4) is 0 Å². The first kappa shape index (κ1) is 11.0. The van der Waals surface area contributed by atoms with Gasteiger partial charge in [0, 0.05) is 5.03 Å². The van der Waals surface area contributed by atoms with Crippen LogP contribution in [-0.4, -0.2) is 0 Å². The zero-order valence-electron chi connectivity index (χ0n) is 7.70. The Kier molecular flexibility index (Phi) is 6.74. The Labute approximate surface area is 75.6 Å². The normalized spacial score (nSPS) is 13.0. The molecule has 0 spiro atoms. The first-order valence-corrected chi connectivity index (χ1v) is 4.88. The smallest absolute Gasteiger partial charge is 0.0111 e. The van der Waals surface area contributed by atoms with Crippen LogP contribution < -0.4 is 0 Å². The van der Waals surface area contributed by atoms with Crippen LogP contribution in [0.15, 0.2) is 11.6 Å². The third-order valence-electron chi connectivity index (χ3n) is 1.87. The van der Waals surface area contributed by atoms with Gasteiger partial charge in [-0.1, -0.05) is 57.7 Å². The summed E-state index contributed by atoms with van der Waals surface area (Å²) in [6, 6.07) is 0. The van der Waals surface area contributed by atoms with E-state index in [1.807, 2.05) is 0 Å². The van der Waals surface area contributed by atoms with Crippen molar-refractivity contribution in [3.8, 4) is 0 Å². The lowest BCUT2D eigenvalue weighted by Crippen LogP contribution is -1.93. The molecule has 0 aromatic rings. The molecule has 0 saturated heterocycles. The van der Waals surface area contributed by atoms with Crippen molar-refractivity contribution in [1.29, 1.82) is 0 Å². The van der Waals surface area contributed by atoms with E-state index < -0.39 is 0 Å². The average Bonchev–Trinajstić information content (AvgIpc) is 1.86. The van der Waals surface area contributed by atoms with Crippen LogP contribution in [0.25, 0.3) is 0 Å². The molecule has 1 heteroatoms. The molecule has 0 fully saturated rings. The van der Waals surface area contributed by atoms with E-state index in [9.17, 15) is 0 Å². The molecule has 0 amide bonds. The first-order valence-electron chi connectivity index (χ1n) is 4.50. The molecule has 66 valence electrons. The van der Waals surface area contributed by atoms with Gasteiger partial charge in [0.2, 0.25) is 0 Å². The molecule has 0 aliphatic rings. The standard InChI is InChI=1S/C10H19Cl/c1-4-5-6-7-9(2)8-10(3)11/h9H,3-8H2,1-2H3. The molecule has 0 bridgehead atoms. The van der Waals surface area contributed by atoms with Crippen LogP contribution in [-0.2, 0) is 0 Å². The van der Waals surface area contributed by atoms with Crippen molar-refractivity contribution in [3.63, 3.8) is 0 Å². The zero-order valence-corrected chi connectivity index (χ0v) is 8.45. The summed E-state index contributed by atoms with van der Waals surface area (Å²) in [6.07, 6.45) is 6.25. The van der Waals surface area contributed by atoms with E-state index in [0.29, 0.717) is 5.92 Å². The maximum absolute atomic E-state index is 5.69. The predicted molar refractivity (Wildman–Crippen MR) is 52.9 cm³/mol. The Balaban J connectivity index is 3.22. The van der Waals surface area contributed by atoms with Crippen molar-refractivity contribution in [2.45, 2.75) is 46.0 Å². The molecule has 0 aliphatic carbocycles. The van der Waals surface area contributed by atoms with Gasteiger partial charge in [0.15, 0.2) is 0 Å². The van der Waals surface area contributed by atoms with E-state index in [4.69, 9.17) is 11.6 Å². The van der Waals surface area contributed by atoms with Crippen LogP contribution in [0.5, 0.6) is 0 Å². The number of allylic oxidation sites excluding steroid dienone is 1. The highest BCUT2D eigenvalue weighted by Gasteiger charge is 2.01. The number of hydrogen-bond donors (Lipinski definition) is 0. The van der Waals surface area contributed by atoms with Gasteiger partial charge in [-0.3, -0.25) is 0 Å². The van der Waals surface area contributed by atoms with Crippen LogP contribution in [0.2, 0.25) is 0 Å². The SMILES string of the molecule is C=C(Cl)CC(C)CCCCC. The van der Waals surface area contributed by atoms with Crippen molar-refractivity contribution in [2.75, 3.05) is 0 Å². The van der Waals surface area contributed by atoms with Gasteiger partial charge in [-0.15, -0.1) is 0 Å². The summed E-state index contributed by atoms with van der Waals surface area (Å²) in [5, 5.41) is 0.800. The highest BCUT2D eigenvalue weighted by molar-refractivity contribution is 6.29. The van der Waals surface area contributed by atoms with Gasteiger partial charge >= 0.3 is 0 Å². The summed E-state index contributed by atoms with van der Waals surface area (Å²) in [4.78, 5) is 0. The fourth-order valence-electron chi connectivity index (χ4n) is 1.22. The molecular formula is C10H19Cl. The summed E-state index contributed by atoms with van der Waals surface area (Å²) >= 11 is 5.69. The topological polar surface area (TPSA) is 0 Å². The second-order valence-corrected chi connectivity index (χ2v) is 3.86. The summed E-state index contributed by atoms with van der Waals surface area (Å²) in [7, 11) is 0. The molecule has 0 aromatic heterocycles. The first-order chi connectivity index (χ1) is 5.16. The minimum atomic E-state index is 0.714. The Morgan fingerprint density at radius 1 is 1.45 bits per heavy atom. The highest BCUT2D eigenvalue weighted by Crippen LogP contribution is 2.18. The van der Waals surface area contributed by atoms with Gasteiger partial charge in [-0.25, -0.2) is 0 Å². The van der Waals surface area contributed by atoms with E-state index in [1.165, 1.54) is 25.7 Å². The molecule has 0 aromatic carbocycles. The Bertz CT molecular complexity index is 107. The summed E-state index contributed by atoms with van der Waals surface area (Å²) in [6.45, 7) is 8.16. The molecule has 0 N–H and O–H groups in total. The molecule has 0 heterocycles. The molecular weight excluding hydrogens is 156 g/mol. The summed E-state index contributed by atoms with van der Waals surface area (Å²) < 4.78 is 0. The van der Waals surface area contributed by atoms with Crippen LogP contribution in [0.4, 0.5) is 0 Å². The van der Waals surface area contributed by atoms with Crippen LogP contribution in [0, 0.1) is 5.92 Å². The Morgan fingerprint density at radius 3 is 2.55 bits per heavy atom. The molecule has 0 nitrogen and oxygen atoms in total. The Hall–Kier alpha value is 0.0300. The monoisotopic (exact) mass is 174 g/mol. The zero-order chi connectivity index (χ0) is 8.69. The largest absolute Gasteiger partial charge is 0.0898 e. The molecule has 11 heavy (non-hydrogen) atoms. The molecule has 1 unspecified atom stereocenters. The van der Waals surface area contributed by atoms with E-state index in [1.54, 1.807) is 0 Å². The van der Waals surface area contributed by atoms with Crippen molar-refractivity contribution < 1.29 is 0 Å². The second-order valence-electron chi connectivity index (χ2n) is 3.32. The molecule has 0 saturated carbocycles. The maximum atomic E-state index is 5.69. The van der Waals surface area contributed by atoms with Crippen molar-refractivity contribution in [3.05, 3.63) is 11.6 Å². The van der Waals surface area contributed by atoms with Gasteiger partial charge in [0.1, 0.15) is 0 Å².